The van der Waals surface area contributed by atoms with Gasteiger partial charge in [-0.05, 0) is 58.4 Å². The van der Waals surface area contributed by atoms with E-state index in [0.717, 1.165) is 46.8 Å². The first-order valence-electron chi connectivity index (χ1n) is 12.6. The second-order valence-corrected chi connectivity index (χ2v) is 8.98. The second-order valence-electron chi connectivity index (χ2n) is 8.98. The van der Waals surface area contributed by atoms with Crippen molar-refractivity contribution in [2.24, 2.45) is 4.99 Å². The van der Waals surface area contributed by atoms with Crippen LogP contribution in [0.25, 0.3) is 16.8 Å². The Labute approximate surface area is 221 Å². The summed E-state index contributed by atoms with van der Waals surface area (Å²) in [5, 5.41) is 7.26. The van der Waals surface area contributed by atoms with Crippen molar-refractivity contribution in [2.45, 2.75) is 59.6 Å². The van der Waals surface area contributed by atoms with Gasteiger partial charge in [0.2, 0.25) is 12.4 Å². The minimum atomic E-state index is -2.12. The SMILES string of the molecule is CCC(F)F.CNc1nc(N)nn2ccc(-c3ccc(N=C(C)C)c(C)n3)c12.FCCN1CCC[C@@H](F)C1. The maximum absolute atomic E-state index is 12.6. The number of fused-ring (bicyclic) bond motifs is 1. The fourth-order valence-corrected chi connectivity index (χ4v) is 3.81. The summed E-state index contributed by atoms with van der Waals surface area (Å²) in [6.45, 7) is 8.69. The molecule has 0 aromatic carbocycles. The van der Waals surface area contributed by atoms with Crippen molar-refractivity contribution in [1.29, 1.82) is 0 Å². The molecule has 0 unspecified atom stereocenters. The van der Waals surface area contributed by atoms with Gasteiger partial charge in [0.1, 0.15) is 18.4 Å². The summed E-state index contributed by atoms with van der Waals surface area (Å²) in [7, 11) is 1.80. The first-order valence-corrected chi connectivity index (χ1v) is 12.6. The lowest BCUT2D eigenvalue weighted by Gasteiger charge is -2.27. The number of alkyl halides is 4. The van der Waals surface area contributed by atoms with Crippen LogP contribution in [-0.4, -0.2) is 76.1 Å². The Kier molecular flexibility index (Phi) is 12.4. The average Bonchev–Trinajstić information content (AvgIpc) is 3.29. The number of hydrogen-bond acceptors (Lipinski definition) is 7. The van der Waals surface area contributed by atoms with Gasteiger partial charge >= 0.3 is 0 Å². The number of halogens is 4. The Morgan fingerprint density at radius 3 is 2.50 bits per heavy atom. The Morgan fingerprint density at radius 2 is 1.95 bits per heavy atom. The molecule has 0 saturated carbocycles. The van der Waals surface area contributed by atoms with Gasteiger partial charge < -0.3 is 11.1 Å². The Balaban J connectivity index is 0.000000279. The van der Waals surface area contributed by atoms with Crippen LogP contribution in [0.5, 0.6) is 0 Å². The highest BCUT2D eigenvalue weighted by Crippen LogP contribution is 2.30. The maximum Gasteiger partial charge on any atom is 0.240 e. The molecule has 0 amide bonds. The van der Waals surface area contributed by atoms with Crippen LogP contribution in [0.1, 0.15) is 45.7 Å². The number of pyridine rings is 1. The summed E-state index contributed by atoms with van der Waals surface area (Å²) >= 11 is 0. The molecule has 0 spiro atoms. The van der Waals surface area contributed by atoms with E-state index in [1.165, 1.54) is 6.92 Å². The van der Waals surface area contributed by atoms with Gasteiger partial charge in [-0.1, -0.05) is 6.92 Å². The third kappa shape index (κ3) is 9.23. The van der Waals surface area contributed by atoms with Gasteiger partial charge in [-0.2, -0.15) is 4.98 Å². The zero-order valence-electron chi connectivity index (χ0n) is 22.7. The lowest BCUT2D eigenvalue weighted by atomic mass is 10.1. The molecule has 4 heterocycles. The topological polar surface area (TPSA) is 96.7 Å². The fraction of sp³-hybridized carbons (Fsp3) is 0.538. The van der Waals surface area contributed by atoms with E-state index in [4.69, 9.17) is 5.73 Å². The van der Waals surface area contributed by atoms with Crippen LogP contribution >= 0.6 is 0 Å². The molecule has 3 aromatic rings. The number of rotatable bonds is 6. The number of likely N-dealkylation sites (tertiary alicyclic amines) is 1. The summed E-state index contributed by atoms with van der Waals surface area (Å²) in [6.07, 6.45) is 0.516. The summed E-state index contributed by atoms with van der Waals surface area (Å²) in [5.41, 5.74) is 11.1. The van der Waals surface area contributed by atoms with Crippen molar-refractivity contribution in [2.75, 3.05) is 44.4 Å². The molecule has 0 radical (unpaired) electrons. The first kappa shape index (κ1) is 30.9. The van der Waals surface area contributed by atoms with Crippen molar-refractivity contribution in [3.05, 3.63) is 30.1 Å². The predicted octanol–water partition coefficient (Wildman–Crippen LogP) is 5.89. The van der Waals surface area contributed by atoms with E-state index < -0.39 is 12.6 Å². The zero-order valence-corrected chi connectivity index (χ0v) is 22.7. The molecule has 8 nitrogen and oxygen atoms in total. The number of nitrogen functional groups attached to an aromatic ring is 1. The van der Waals surface area contributed by atoms with Gasteiger partial charge in [-0.15, -0.1) is 5.10 Å². The van der Waals surface area contributed by atoms with Crippen LogP contribution < -0.4 is 11.1 Å². The summed E-state index contributed by atoms with van der Waals surface area (Å²) in [4.78, 5) is 15.3. The van der Waals surface area contributed by atoms with Crippen LogP contribution in [0.4, 0.5) is 35.0 Å². The quantitative estimate of drug-likeness (QED) is 0.300. The van der Waals surface area contributed by atoms with Crippen LogP contribution in [0.15, 0.2) is 29.4 Å². The number of piperidine rings is 1. The van der Waals surface area contributed by atoms with E-state index in [0.29, 0.717) is 25.3 Å². The monoisotopic (exact) mass is 538 g/mol. The van der Waals surface area contributed by atoms with Gasteiger partial charge in [0, 0.05) is 44.0 Å². The number of nitrogens with zero attached hydrogens (tertiary/aromatic N) is 6. The number of anilines is 2. The van der Waals surface area contributed by atoms with E-state index in [1.54, 1.807) is 11.6 Å². The molecule has 1 saturated heterocycles. The van der Waals surface area contributed by atoms with Crippen LogP contribution in [-0.2, 0) is 0 Å². The van der Waals surface area contributed by atoms with E-state index in [9.17, 15) is 17.6 Å². The number of aliphatic imine (C=N–C) groups is 1. The maximum atomic E-state index is 12.6. The number of hydrogen-bond donors (Lipinski definition) is 2. The highest BCUT2D eigenvalue weighted by Gasteiger charge is 2.18. The number of aromatic nitrogens is 4. The molecule has 0 aliphatic carbocycles. The van der Waals surface area contributed by atoms with Crippen molar-refractivity contribution in [1.82, 2.24) is 24.5 Å². The molecule has 0 bridgehead atoms. The predicted molar refractivity (Wildman–Crippen MR) is 146 cm³/mol. The highest BCUT2D eigenvalue weighted by atomic mass is 19.3. The second kappa shape index (κ2) is 15.2. The normalized spacial score (nSPS) is 15.4. The fourth-order valence-electron chi connectivity index (χ4n) is 3.81. The van der Waals surface area contributed by atoms with Gasteiger partial charge in [0.05, 0.1) is 17.1 Å². The van der Waals surface area contributed by atoms with Crippen molar-refractivity contribution in [3.63, 3.8) is 0 Å². The summed E-state index contributed by atoms with van der Waals surface area (Å²) in [5.74, 6) is 0.889. The van der Waals surface area contributed by atoms with E-state index in [-0.39, 0.29) is 19.0 Å². The number of nitrogens with two attached hydrogens (primary N) is 1. The van der Waals surface area contributed by atoms with Gasteiger partial charge in [-0.3, -0.25) is 14.9 Å². The van der Waals surface area contributed by atoms with Crippen molar-refractivity contribution < 1.29 is 17.6 Å². The molecule has 1 fully saturated rings. The van der Waals surface area contributed by atoms with Crippen molar-refractivity contribution in [3.8, 4) is 11.3 Å². The first-order chi connectivity index (χ1) is 18.1. The van der Waals surface area contributed by atoms with E-state index >= 15 is 0 Å². The van der Waals surface area contributed by atoms with Gasteiger partial charge in [0.15, 0.2) is 5.82 Å². The molecule has 38 heavy (non-hydrogen) atoms. The van der Waals surface area contributed by atoms with Crippen LogP contribution in [0, 0.1) is 6.92 Å². The molecule has 1 aliphatic heterocycles. The highest BCUT2D eigenvalue weighted by molar-refractivity contribution is 5.88. The Morgan fingerprint density at radius 1 is 1.24 bits per heavy atom. The summed E-state index contributed by atoms with van der Waals surface area (Å²) < 4.78 is 47.6. The smallest absolute Gasteiger partial charge is 0.240 e. The Hall–Kier alpha value is -3.28. The average molecular weight is 539 g/mol. The van der Waals surface area contributed by atoms with Crippen molar-refractivity contribution >= 4 is 28.7 Å². The number of aryl methyl sites for hydroxylation is 1. The molecular formula is C26H38F4N8. The molecule has 12 heteroatoms. The zero-order chi connectivity index (χ0) is 28.2. The molecule has 3 aromatic heterocycles. The molecule has 1 atom stereocenters. The standard InChI is InChI=1S/C16H19N7.C7H13F2N.C3H6F2/c1-9(2)19-12-5-6-13(20-10(12)3)11-7-8-23-14(11)15(18-4)21-16(17)22-23;8-3-5-10-4-1-2-7(9)6-10;1-2-3(4)5/h5-8H,1-4H3,(H3,17,18,21,22);7H,1-6H2;3H,2H2,1H3/t;7-;/m.1./s1. The minimum absolute atomic E-state index is 0.0278. The Bertz CT molecular complexity index is 1180. The van der Waals surface area contributed by atoms with Crippen LogP contribution in [0.3, 0.4) is 0 Å². The molecule has 3 N–H and O–H groups in total. The minimum Gasteiger partial charge on any atom is -0.371 e. The molecule has 210 valence electrons. The molecule has 4 rings (SSSR count). The van der Waals surface area contributed by atoms with E-state index in [2.05, 4.69) is 25.4 Å². The molecular weight excluding hydrogens is 500 g/mol. The third-order valence-corrected chi connectivity index (χ3v) is 5.60. The largest absolute Gasteiger partial charge is 0.371 e. The lowest BCUT2D eigenvalue weighted by Crippen LogP contribution is -2.37. The lowest BCUT2D eigenvalue weighted by molar-refractivity contribution is 0.131. The third-order valence-electron chi connectivity index (χ3n) is 5.60. The number of nitrogens with one attached hydrogen (secondary N) is 1. The van der Waals surface area contributed by atoms with Gasteiger partial charge in [0.25, 0.3) is 0 Å². The van der Waals surface area contributed by atoms with E-state index in [1.807, 2.05) is 50.1 Å². The van der Waals surface area contributed by atoms with Crippen LogP contribution in [0.2, 0.25) is 0 Å². The summed E-state index contributed by atoms with van der Waals surface area (Å²) in [6, 6.07) is 5.89. The molecule has 1 aliphatic rings. The van der Waals surface area contributed by atoms with Gasteiger partial charge in [-0.25, -0.2) is 22.1 Å².